The second kappa shape index (κ2) is 7.27. The summed E-state index contributed by atoms with van der Waals surface area (Å²) in [7, 11) is 0. The van der Waals surface area contributed by atoms with Crippen molar-refractivity contribution >= 4 is 43.4 Å². The van der Waals surface area contributed by atoms with Crippen LogP contribution in [0.3, 0.4) is 0 Å². The van der Waals surface area contributed by atoms with E-state index in [0.717, 1.165) is 20.1 Å². The van der Waals surface area contributed by atoms with Crippen LogP contribution in [0.5, 0.6) is 0 Å². The third-order valence-corrected chi connectivity index (χ3v) is 6.35. The number of halogens is 4. The number of nitrogens with one attached hydrogen (secondary N) is 2. The van der Waals surface area contributed by atoms with Crippen LogP contribution in [-0.4, -0.2) is 29.1 Å². The van der Waals surface area contributed by atoms with Crippen molar-refractivity contribution in [2.24, 2.45) is 4.99 Å². The minimum absolute atomic E-state index is 0.138. The van der Waals surface area contributed by atoms with E-state index in [9.17, 15) is 18.3 Å². The number of rotatable bonds is 4. The number of aliphatic hydroxyl groups is 1. The molecule has 27 heavy (non-hydrogen) atoms. The fourth-order valence-corrected chi connectivity index (χ4v) is 4.33. The van der Waals surface area contributed by atoms with Gasteiger partial charge in [0.2, 0.25) is 11.8 Å². The minimum Gasteiger partial charge on any atom is -0.440 e. The first-order chi connectivity index (χ1) is 12.7. The molecule has 6 nitrogen and oxygen atoms in total. The summed E-state index contributed by atoms with van der Waals surface area (Å²) in [6.45, 7) is 1.37. The fourth-order valence-electron chi connectivity index (χ4n) is 2.57. The van der Waals surface area contributed by atoms with E-state index in [0.29, 0.717) is 4.88 Å². The molecule has 2 aromatic rings. The van der Waals surface area contributed by atoms with Gasteiger partial charge in [-0.15, -0.1) is 11.3 Å². The molecule has 1 fully saturated rings. The molecular formula is C16H14BrF3N4O2S. The van der Waals surface area contributed by atoms with Gasteiger partial charge in [0.15, 0.2) is 0 Å². The molecule has 11 heteroatoms. The van der Waals surface area contributed by atoms with Crippen molar-refractivity contribution < 1.29 is 23.0 Å². The number of hydrazine groups is 1. The predicted molar refractivity (Wildman–Crippen MR) is 97.8 cm³/mol. The smallest absolute Gasteiger partial charge is 0.422 e. The average molecular weight is 463 g/mol. The first kappa shape index (κ1) is 19.9. The molecule has 1 aliphatic heterocycles. The number of aliphatic imine (C=N–C) groups is 1. The zero-order valence-corrected chi connectivity index (χ0v) is 16.3. The lowest BCUT2D eigenvalue weighted by Gasteiger charge is -2.32. The molecule has 1 saturated heterocycles. The van der Waals surface area contributed by atoms with Gasteiger partial charge in [-0.1, -0.05) is 19.1 Å². The van der Waals surface area contributed by atoms with Gasteiger partial charge < -0.3 is 9.84 Å². The molecular weight excluding hydrogens is 449 g/mol. The summed E-state index contributed by atoms with van der Waals surface area (Å²) in [5.41, 5.74) is 2.45. The molecule has 144 valence electrons. The Morgan fingerprint density at radius 3 is 2.81 bits per heavy atom. The van der Waals surface area contributed by atoms with Crippen LogP contribution in [0.2, 0.25) is 0 Å². The maximum atomic E-state index is 13.1. The lowest BCUT2D eigenvalue weighted by Crippen LogP contribution is -2.59. The van der Waals surface area contributed by atoms with Crippen LogP contribution in [0.25, 0.3) is 10.1 Å². The van der Waals surface area contributed by atoms with Crippen LogP contribution in [0, 0.1) is 11.3 Å². The zero-order chi connectivity index (χ0) is 19.8. The highest BCUT2D eigenvalue weighted by atomic mass is 79.9. The molecule has 3 rings (SSSR count). The summed E-state index contributed by atoms with van der Waals surface area (Å²) >= 11 is 4.72. The van der Waals surface area contributed by atoms with Crippen LogP contribution < -0.4 is 10.9 Å². The molecule has 0 bridgehead atoms. The quantitative estimate of drug-likeness (QED) is 0.646. The van der Waals surface area contributed by atoms with Gasteiger partial charge in [-0.3, -0.25) is 5.43 Å². The number of benzene rings is 1. The summed E-state index contributed by atoms with van der Waals surface area (Å²) in [6, 6.07) is 7.48. The highest BCUT2D eigenvalue weighted by molar-refractivity contribution is 9.10. The molecule has 2 unspecified atom stereocenters. The number of ether oxygens (including phenoxy) is 1. The van der Waals surface area contributed by atoms with E-state index in [1.165, 1.54) is 18.3 Å². The highest BCUT2D eigenvalue weighted by Crippen LogP contribution is 2.37. The van der Waals surface area contributed by atoms with Crippen LogP contribution >= 0.6 is 27.3 Å². The Hall–Kier alpha value is -1.87. The Labute approximate surface area is 164 Å². The second-order valence-corrected chi connectivity index (χ2v) is 7.70. The summed E-state index contributed by atoms with van der Waals surface area (Å²) in [5, 5.41) is 19.9. The first-order valence-corrected chi connectivity index (χ1v) is 9.43. The number of thiophene rings is 1. The normalized spacial score (nSPS) is 20.9. The van der Waals surface area contributed by atoms with Gasteiger partial charge in [-0.25, -0.2) is 4.99 Å². The van der Waals surface area contributed by atoms with E-state index in [-0.39, 0.29) is 12.6 Å². The van der Waals surface area contributed by atoms with E-state index < -0.39 is 24.4 Å². The number of alkyl halides is 3. The van der Waals surface area contributed by atoms with E-state index >= 15 is 0 Å². The molecule has 0 radical (unpaired) electrons. The molecule has 2 heterocycles. The van der Waals surface area contributed by atoms with Gasteiger partial charge in [0.1, 0.15) is 10.9 Å². The van der Waals surface area contributed by atoms with Crippen LogP contribution in [0.4, 0.5) is 13.2 Å². The Kier molecular flexibility index (Phi) is 5.36. The number of nitrogens with zero attached hydrogens (tertiary/aromatic N) is 2. The standard InChI is InChI=1S/C16H14BrF3N4O2S/c1-2-15(25,16(18,19)20)13-23-24-14(26-13)22-7-8-3-4-9-10(5-8)27-11(6-21)12(9)17/h3-5,13,23,25H,2,7H2,1H3,(H,22,24). The Balaban J connectivity index is 1.74. The Morgan fingerprint density at radius 1 is 1.44 bits per heavy atom. The third kappa shape index (κ3) is 3.62. The van der Waals surface area contributed by atoms with Crippen molar-refractivity contribution in [2.75, 3.05) is 0 Å². The molecule has 3 N–H and O–H groups in total. The molecule has 0 aliphatic carbocycles. The second-order valence-electron chi connectivity index (χ2n) is 5.85. The van der Waals surface area contributed by atoms with Gasteiger partial charge in [-0.2, -0.15) is 23.9 Å². The summed E-state index contributed by atoms with van der Waals surface area (Å²) in [6.07, 6.45) is -7.13. The van der Waals surface area contributed by atoms with E-state index in [1.54, 1.807) is 0 Å². The zero-order valence-electron chi connectivity index (χ0n) is 13.9. The third-order valence-electron chi connectivity index (χ3n) is 4.20. The van der Waals surface area contributed by atoms with Crippen LogP contribution in [0.15, 0.2) is 27.7 Å². The number of fused-ring (bicyclic) bond motifs is 1. The number of hydrogen-bond acceptors (Lipinski definition) is 6. The van der Waals surface area contributed by atoms with E-state index in [1.807, 2.05) is 18.2 Å². The Morgan fingerprint density at radius 2 is 2.19 bits per heavy atom. The van der Waals surface area contributed by atoms with Gasteiger partial charge in [0, 0.05) is 10.1 Å². The topological polar surface area (TPSA) is 89.7 Å². The molecule has 0 saturated carbocycles. The van der Waals surface area contributed by atoms with Crippen molar-refractivity contribution in [3.05, 3.63) is 33.1 Å². The maximum Gasteiger partial charge on any atom is 0.422 e. The summed E-state index contributed by atoms with van der Waals surface area (Å²) in [4.78, 5) is 4.66. The van der Waals surface area contributed by atoms with Gasteiger partial charge in [-0.05, 0) is 34.0 Å². The number of amidine groups is 1. The maximum absolute atomic E-state index is 13.1. The van der Waals surface area contributed by atoms with E-state index in [2.05, 4.69) is 37.8 Å². The fraction of sp³-hybridized carbons (Fsp3) is 0.375. The van der Waals surface area contributed by atoms with Gasteiger partial charge in [0.25, 0.3) is 0 Å². The summed E-state index contributed by atoms with van der Waals surface area (Å²) in [5.74, 6) is 0. The molecule has 0 spiro atoms. The first-order valence-electron chi connectivity index (χ1n) is 7.82. The molecule has 1 aromatic heterocycles. The predicted octanol–water partition coefficient (Wildman–Crippen LogP) is 3.55. The van der Waals surface area contributed by atoms with Crippen molar-refractivity contribution in [3.63, 3.8) is 0 Å². The highest BCUT2D eigenvalue weighted by Gasteiger charge is 2.60. The van der Waals surface area contributed by atoms with E-state index in [4.69, 9.17) is 10.00 Å². The lowest BCUT2D eigenvalue weighted by molar-refractivity contribution is -0.290. The lowest BCUT2D eigenvalue weighted by atomic mass is 9.98. The number of hydrogen-bond donors (Lipinski definition) is 3. The Bertz CT molecular complexity index is 940. The molecule has 1 aromatic carbocycles. The minimum atomic E-state index is -4.85. The van der Waals surface area contributed by atoms with Crippen LogP contribution in [-0.2, 0) is 11.3 Å². The molecule has 1 aliphatic rings. The average Bonchev–Trinajstić information content (AvgIpc) is 3.23. The van der Waals surface area contributed by atoms with Crippen molar-refractivity contribution in [2.45, 2.75) is 37.9 Å². The van der Waals surface area contributed by atoms with Crippen LogP contribution in [0.1, 0.15) is 23.8 Å². The monoisotopic (exact) mass is 462 g/mol. The van der Waals surface area contributed by atoms with Gasteiger partial charge in [0.05, 0.1) is 11.0 Å². The van der Waals surface area contributed by atoms with Gasteiger partial charge >= 0.3 is 12.2 Å². The SMILES string of the molecule is CCC(O)(C1NNC(=NCc2ccc3c(Br)c(C#N)sc3c2)O1)C(F)(F)F. The van der Waals surface area contributed by atoms with Crippen molar-refractivity contribution in [1.82, 2.24) is 10.9 Å². The van der Waals surface area contributed by atoms with Crippen molar-refractivity contribution in [3.8, 4) is 6.07 Å². The van der Waals surface area contributed by atoms with Crippen molar-refractivity contribution in [1.29, 1.82) is 5.26 Å². The summed E-state index contributed by atoms with van der Waals surface area (Å²) < 4.78 is 46.0. The number of nitriles is 1. The largest absolute Gasteiger partial charge is 0.440 e. The molecule has 0 amide bonds. The molecule has 2 atom stereocenters.